The number of rotatable bonds is 9. The number of carbonyl (C=O) groups is 1. The number of nitrogens with zero attached hydrogens (tertiary/aromatic N) is 3. The van der Waals surface area contributed by atoms with Gasteiger partial charge in [0.25, 0.3) is 0 Å². The molecule has 1 atom stereocenters. The molecule has 1 aromatic heterocycles. The van der Waals surface area contributed by atoms with Crippen LogP contribution in [0.1, 0.15) is 30.4 Å². The lowest BCUT2D eigenvalue weighted by Crippen LogP contribution is -2.37. The first-order valence-electron chi connectivity index (χ1n) is 12.4. The Morgan fingerprint density at radius 1 is 1.06 bits per heavy atom. The Kier molecular flexibility index (Phi) is 6.77. The second kappa shape index (κ2) is 10.1. The van der Waals surface area contributed by atoms with Gasteiger partial charge in [-0.3, -0.25) is 9.69 Å². The van der Waals surface area contributed by atoms with Crippen LogP contribution in [-0.2, 0) is 17.8 Å². The van der Waals surface area contributed by atoms with Gasteiger partial charge in [0.2, 0.25) is 5.91 Å². The number of nitrogens with one attached hydrogen (secondary N) is 1. The molecule has 7 nitrogen and oxygen atoms in total. The van der Waals surface area contributed by atoms with E-state index < -0.39 is 0 Å². The zero-order valence-electron chi connectivity index (χ0n) is 20.6. The summed E-state index contributed by atoms with van der Waals surface area (Å²) in [6.45, 7) is 3.56. The topological polar surface area (TPSA) is 68.6 Å². The van der Waals surface area contributed by atoms with Crippen molar-refractivity contribution in [3.8, 4) is 17.2 Å². The van der Waals surface area contributed by atoms with E-state index in [0.717, 1.165) is 68.1 Å². The Hall–Kier alpha value is -3.32. The Balaban J connectivity index is 1.09. The highest BCUT2D eigenvalue weighted by atomic mass is 16.5. The fourth-order valence-electron chi connectivity index (χ4n) is 5.43. The molecule has 3 aromatic rings. The maximum absolute atomic E-state index is 12.8. The van der Waals surface area contributed by atoms with E-state index in [1.165, 1.54) is 5.56 Å². The molecule has 2 aromatic carbocycles. The summed E-state index contributed by atoms with van der Waals surface area (Å²) < 4.78 is 12.8. The molecule has 1 saturated carbocycles. The lowest BCUT2D eigenvalue weighted by atomic mass is 9.90. The maximum atomic E-state index is 12.8. The van der Waals surface area contributed by atoms with Crippen molar-refractivity contribution >= 4 is 5.91 Å². The normalized spacial score (nSPS) is 18.9. The lowest BCUT2D eigenvalue weighted by molar-refractivity contribution is -0.123. The maximum Gasteiger partial charge on any atom is 0.223 e. The lowest BCUT2D eigenvalue weighted by Gasteiger charge is -2.32. The van der Waals surface area contributed by atoms with Crippen LogP contribution in [0.15, 0.2) is 60.9 Å². The van der Waals surface area contributed by atoms with E-state index in [1.807, 2.05) is 53.3 Å². The second-order valence-corrected chi connectivity index (χ2v) is 9.71. The number of likely N-dealkylation sites (tertiary alicyclic amines) is 1. The molecule has 0 bridgehead atoms. The molecular weight excluding hydrogens is 440 g/mol. The van der Waals surface area contributed by atoms with Crippen molar-refractivity contribution in [1.29, 1.82) is 0 Å². The van der Waals surface area contributed by atoms with Crippen LogP contribution in [0.4, 0.5) is 0 Å². The summed E-state index contributed by atoms with van der Waals surface area (Å²) in [5.41, 5.74) is 3.46. The summed E-state index contributed by atoms with van der Waals surface area (Å²) in [5.74, 6) is 2.07. The van der Waals surface area contributed by atoms with Gasteiger partial charge < -0.3 is 14.8 Å². The van der Waals surface area contributed by atoms with E-state index in [4.69, 9.17) is 9.47 Å². The number of methoxy groups -OCH3 is 2. The molecule has 2 fully saturated rings. The Morgan fingerprint density at radius 3 is 2.54 bits per heavy atom. The number of hydrogen-bond acceptors (Lipinski definition) is 5. The average Bonchev–Trinajstić information content (AvgIpc) is 3.40. The summed E-state index contributed by atoms with van der Waals surface area (Å²) in [7, 11) is 3.36. The Bertz CT molecular complexity index is 1170. The van der Waals surface area contributed by atoms with E-state index in [9.17, 15) is 4.79 Å². The first-order chi connectivity index (χ1) is 17.1. The molecule has 1 aliphatic carbocycles. The Labute approximate surface area is 207 Å². The third kappa shape index (κ3) is 5.05. The van der Waals surface area contributed by atoms with Crippen LogP contribution in [0.25, 0.3) is 5.69 Å². The molecule has 184 valence electrons. The van der Waals surface area contributed by atoms with Crippen LogP contribution < -0.4 is 14.8 Å². The average molecular weight is 475 g/mol. The van der Waals surface area contributed by atoms with Crippen molar-refractivity contribution in [2.24, 2.45) is 11.3 Å². The highest BCUT2D eigenvalue weighted by Crippen LogP contribution is 2.59. The molecule has 1 aliphatic heterocycles. The van der Waals surface area contributed by atoms with Crippen LogP contribution >= 0.6 is 0 Å². The number of amides is 1. The molecule has 1 saturated heterocycles. The van der Waals surface area contributed by atoms with Gasteiger partial charge in [-0.1, -0.05) is 30.3 Å². The third-order valence-corrected chi connectivity index (χ3v) is 7.62. The van der Waals surface area contributed by atoms with Gasteiger partial charge in [-0.15, -0.1) is 0 Å². The molecule has 0 radical (unpaired) electrons. The van der Waals surface area contributed by atoms with Crippen molar-refractivity contribution in [3.63, 3.8) is 0 Å². The SMILES string of the molecule is COc1ccccc1CCNC(=O)[C@@H]1CC12CCN(Cc1cnn(-c3ccccc3OC)c1)CC2. The minimum Gasteiger partial charge on any atom is -0.496 e. The number of ether oxygens (including phenoxy) is 2. The first-order valence-corrected chi connectivity index (χ1v) is 12.4. The molecule has 0 unspecified atom stereocenters. The van der Waals surface area contributed by atoms with Gasteiger partial charge in [-0.2, -0.15) is 5.10 Å². The van der Waals surface area contributed by atoms with Crippen molar-refractivity contribution < 1.29 is 14.3 Å². The van der Waals surface area contributed by atoms with Gasteiger partial charge in [-0.05, 0) is 68.0 Å². The molecule has 5 rings (SSSR count). The summed E-state index contributed by atoms with van der Waals surface area (Å²) in [6.07, 6.45) is 7.98. The van der Waals surface area contributed by atoms with Crippen LogP contribution in [0.3, 0.4) is 0 Å². The van der Waals surface area contributed by atoms with E-state index in [-0.39, 0.29) is 17.2 Å². The summed E-state index contributed by atoms with van der Waals surface area (Å²) in [4.78, 5) is 15.3. The van der Waals surface area contributed by atoms with Gasteiger partial charge in [-0.25, -0.2) is 4.68 Å². The fraction of sp³-hybridized carbons (Fsp3) is 0.429. The molecule has 35 heavy (non-hydrogen) atoms. The van der Waals surface area contributed by atoms with Gasteiger partial charge in [0.1, 0.15) is 17.2 Å². The highest BCUT2D eigenvalue weighted by molar-refractivity contribution is 5.82. The van der Waals surface area contributed by atoms with E-state index in [0.29, 0.717) is 6.54 Å². The predicted octanol–water partition coefficient (Wildman–Crippen LogP) is 3.85. The minimum atomic E-state index is 0.163. The molecule has 1 spiro atoms. The van der Waals surface area contributed by atoms with Crippen LogP contribution in [0.5, 0.6) is 11.5 Å². The van der Waals surface area contributed by atoms with E-state index in [1.54, 1.807) is 14.2 Å². The summed E-state index contributed by atoms with van der Waals surface area (Å²) in [6, 6.07) is 15.9. The molecule has 1 N–H and O–H groups in total. The predicted molar refractivity (Wildman–Crippen MR) is 135 cm³/mol. The van der Waals surface area contributed by atoms with Crippen molar-refractivity contribution in [2.45, 2.75) is 32.2 Å². The zero-order valence-corrected chi connectivity index (χ0v) is 20.6. The zero-order chi connectivity index (χ0) is 24.3. The minimum absolute atomic E-state index is 0.163. The number of benzene rings is 2. The van der Waals surface area contributed by atoms with E-state index in [2.05, 4.69) is 27.6 Å². The van der Waals surface area contributed by atoms with Crippen molar-refractivity contribution in [2.75, 3.05) is 33.9 Å². The molecule has 2 aliphatic rings. The number of piperidine rings is 1. The largest absolute Gasteiger partial charge is 0.496 e. The molecule has 7 heteroatoms. The molecule has 1 amide bonds. The second-order valence-electron chi connectivity index (χ2n) is 9.71. The van der Waals surface area contributed by atoms with Gasteiger partial charge in [0, 0.05) is 30.8 Å². The highest BCUT2D eigenvalue weighted by Gasteiger charge is 2.58. The number of para-hydroxylation sites is 3. The summed E-state index contributed by atoms with van der Waals surface area (Å²) >= 11 is 0. The first kappa shape index (κ1) is 23.4. The van der Waals surface area contributed by atoms with Crippen LogP contribution in [0.2, 0.25) is 0 Å². The van der Waals surface area contributed by atoms with Crippen molar-refractivity contribution in [1.82, 2.24) is 20.0 Å². The third-order valence-electron chi connectivity index (χ3n) is 7.62. The van der Waals surface area contributed by atoms with Crippen molar-refractivity contribution in [3.05, 3.63) is 72.1 Å². The molecule has 2 heterocycles. The quantitative estimate of drug-likeness (QED) is 0.510. The summed E-state index contributed by atoms with van der Waals surface area (Å²) in [5, 5.41) is 7.71. The van der Waals surface area contributed by atoms with Gasteiger partial charge >= 0.3 is 0 Å². The van der Waals surface area contributed by atoms with Crippen LogP contribution in [-0.4, -0.2) is 54.4 Å². The number of hydrogen-bond donors (Lipinski definition) is 1. The monoisotopic (exact) mass is 474 g/mol. The van der Waals surface area contributed by atoms with Gasteiger partial charge in [0.05, 0.1) is 20.4 Å². The van der Waals surface area contributed by atoms with Crippen LogP contribution in [0, 0.1) is 11.3 Å². The molecular formula is C28H34N4O3. The number of aromatic nitrogens is 2. The standard InChI is InChI=1S/C28H34N4O3/c1-34-25-9-5-3-7-22(25)11-14-29-27(33)23-17-28(23)12-15-31(16-13-28)19-21-18-30-32(20-21)24-8-4-6-10-26(24)35-2/h3-10,18,20,23H,11-17,19H2,1-2H3,(H,29,33)/t23-/m0/s1. The van der Waals surface area contributed by atoms with Gasteiger partial charge in [0.15, 0.2) is 0 Å². The Morgan fingerprint density at radius 2 is 1.77 bits per heavy atom. The van der Waals surface area contributed by atoms with E-state index >= 15 is 0 Å². The number of carbonyl (C=O) groups excluding carboxylic acids is 1. The fourth-order valence-corrected chi connectivity index (χ4v) is 5.43. The smallest absolute Gasteiger partial charge is 0.223 e.